The van der Waals surface area contributed by atoms with Crippen molar-refractivity contribution in [2.75, 3.05) is 20.7 Å². The van der Waals surface area contributed by atoms with Crippen LogP contribution < -0.4 is 4.74 Å². The molecule has 6 heteroatoms. The number of imidazole rings is 1. The van der Waals surface area contributed by atoms with Crippen molar-refractivity contribution in [2.45, 2.75) is 37.7 Å². The molecule has 2 unspecified atom stereocenters. The zero-order valence-corrected chi connectivity index (χ0v) is 13.5. The van der Waals surface area contributed by atoms with Crippen LogP contribution in [0.1, 0.15) is 31.0 Å². The summed E-state index contributed by atoms with van der Waals surface area (Å²) in [6, 6.07) is 4.30. The minimum atomic E-state index is -0.142. The standard InChI is InChI=1S/C15H21ClN4O/c1-10(16)14-17-12-6-7-13(21-3)18-15(12)20(14)9-11-5-4-8-19(11)2/h6-7,10-11H,4-5,8-9H2,1-3H3. The van der Waals surface area contributed by atoms with Crippen molar-refractivity contribution in [3.63, 3.8) is 0 Å². The predicted molar refractivity (Wildman–Crippen MR) is 84.0 cm³/mol. The summed E-state index contributed by atoms with van der Waals surface area (Å²) in [4.78, 5) is 11.6. The van der Waals surface area contributed by atoms with Crippen molar-refractivity contribution in [3.8, 4) is 5.88 Å². The molecule has 1 saturated heterocycles. The van der Waals surface area contributed by atoms with E-state index in [0.717, 1.165) is 30.1 Å². The first-order chi connectivity index (χ1) is 10.1. The fourth-order valence-corrected chi connectivity index (χ4v) is 3.19. The highest BCUT2D eigenvalue weighted by atomic mass is 35.5. The third-order valence-electron chi connectivity index (χ3n) is 4.23. The van der Waals surface area contributed by atoms with Crippen LogP contribution in [-0.2, 0) is 6.54 Å². The maximum atomic E-state index is 6.32. The van der Waals surface area contributed by atoms with E-state index in [1.54, 1.807) is 7.11 Å². The molecule has 1 aliphatic rings. The summed E-state index contributed by atoms with van der Waals surface area (Å²) in [5, 5.41) is -0.142. The molecule has 0 spiro atoms. The molecule has 2 aromatic heterocycles. The Hall–Kier alpha value is -1.33. The van der Waals surface area contributed by atoms with Gasteiger partial charge in [0.15, 0.2) is 5.65 Å². The molecule has 1 aliphatic heterocycles. The van der Waals surface area contributed by atoms with E-state index in [2.05, 4.69) is 26.5 Å². The fourth-order valence-electron chi connectivity index (χ4n) is 3.02. The number of pyridine rings is 1. The van der Waals surface area contributed by atoms with Gasteiger partial charge >= 0.3 is 0 Å². The zero-order valence-electron chi connectivity index (χ0n) is 12.7. The van der Waals surface area contributed by atoms with Crippen LogP contribution in [0.5, 0.6) is 5.88 Å². The van der Waals surface area contributed by atoms with E-state index in [4.69, 9.17) is 16.3 Å². The summed E-state index contributed by atoms with van der Waals surface area (Å²) in [5.41, 5.74) is 1.73. The minimum absolute atomic E-state index is 0.142. The molecule has 0 aliphatic carbocycles. The summed E-state index contributed by atoms with van der Waals surface area (Å²) in [5.74, 6) is 1.49. The number of alkyl halides is 1. The van der Waals surface area contributed by atoms with Crippen LogP contribution in [0.2, 0.25) is 0 Å². The molecule has 2 aromatic rings. The third kappa shape index (κ3) is 2.72. The molecular formula is C15H21ClN4O. The number of fused-ring (bicyclic) bond motifs is 1. The number of rotatable bonds is 4. The maximum absolute atomic E-state index is 6.32. The van der Waals surface area contributed by atoms with Crippen molar-refractivity contribution in [2.24, 2.45) is 0 Å². The zero-order chi connectivity index (χ0) is 15.0. The number of methoxy groups -OCH3 is 1. The molecule has 3 rings (SSSR count). The van der Waals surface area contributed by atoms with Crippen molar-refractivity contribution < 1.29 is 4.74 Å². The number of aromatic nitrogens is 3. The van der Waals surface area contributed by atoms with Crippen LogP contribution in [0.4, 0.5) is 0 Å². The highest BCUT2D eigenvalue weighted by Crippen LogP contribution is 2.27. The van der Waals surface area contributed by atoms with Gasteiger partial charge in [-0.25, -0.2) is 4.98 Å². The second-order valence-corrected chi connectivity index (χ2v) is 6.32. The van der Waals surface area contributed by atoms with Gasteiger partial charge in [-0.3, -0.25) is 0 Å². The number of hydrogen-bond acceptors (Lipinski definition) is 4. The molecule has 5 nitrogen and oxygen atoms in total. The Kier molecular flexibility index (Phi) is 4.04. The van der Waals surface area contributed by atoms with Crippen molar-refractivity contribution in [1.29, 1.82) is 0 Å². The van der Waals surface area contributed by atoms with Crippen molar-refractivity contribution >= 4 is 22.8 Å². The average Bonchev–Trinajstić information content (AvgIpc) is 3.03. The smallest absolute Gasteiger partial charge is 0.215 e. The Morgan fingerprint density at radius 1 is 1.43 bits per heavy atom. The van der Waals surface area contributed by atoms with Gasteiger partial charge in [-0.15, -0.1) is 11.6 Å². The largest absolute Gasteiger partial charge is 0.481 e. The first-order valence-corrected chi connectivity index (χ1v) is 7.79. The van der Waals surface area contributed by atoms with E-state index in [9.17, 15) is 0 Å². The first kappa shape index (κ1) is 14.6. The van der Waals surface area contributed by atoms with Crippen LogP contribution >= 0.6 is 11.6 Å². The average molecular weight is 309 g/mol. The number of nitrogens with zero attached hydrogens (tertiary/aromatic N) is 4. The third-order valence-corrected chi connectivity index (χ3v) is 4.42. The lowest BCUT2D eigenvalue weighted by atomic mass is 10.2. The summed E-state index contributed by atoms with van der Waals surface area (Å²) in [6.07, 6.45) is 2.45. The van der Waals surface area contributed by atoms with E-state index < -0.39 is 0 Å². The van der Waals surface area contributed by atoms with Crippen molar-refractivity contribution in [1.82, 2.24) is 19.4 Å². The topological polar surface area (TPSA) is 43.2 Å². The molecular weight excluding hydrogens is 288 g/mol. The van der Waals surface area contributed by atoms with Gasteiger partial charge < -0.3 is 14.2 Å². The van der Waals surface area contributed by atoms with Gasteiger partial charge in [0.2, 0.25) is 5.88 Å². The highest BCUT2D eigenvalue weighted by Gasteiger charge is 2.25. The Morgan fingerprint density at radius 3 is 2.86 bits per heavy atom. The first-order valence-electron chi connectivity index (χ1n) is 7.35. The summed E-state index contributed by atoms with van der Waals surface area (Å²) < 4.78 is 7.40. The Labute approximate surface area is 129 Å². The van der Waals surface area contributed by atoms with Gasteiger partial charge in [0.05, 0.1) is 12.5 Å². The second kappa shape index (κ2) is 5.81. The monoisotopic (exact) mass is 308 g/mol. The lowest BCUT2D eigenvalue weighted by molar-refractivity contribution is 0.281. The molecule has 0 saturated carbocycles. The molecule has 21 heavy (non-hydrogen) atoms. The van der Waals surface area contributed by atoms with Gasteiger partial charge in [0.1, 0.15) is 11.3 Å². The van der Waals surface area contributed by atoms with Crippen LogP contribution in [-0.4, -0.2) is 46.2 Å². The lowest BCUT2D eigenvalue weighted by Crippen LogP contribution is -2.30. The summed E-state index contributed by atoms with van der Waals surface area (Å²) >= 11 is 6.32. The molecule has 114 valence electrons. The van der Waals surface area contributed by atoms with E-state index in [1.165, 1.54) is 12.8 Å². The highest BCUT2D eigenvalue weighted by molar-refractivity contribution is 6.20. The Morgan fingerprint density at radius 2 is 2.24 bits per heavy atom. The molecule has 2 atom stereocenters. The summed E-state index contributed by atoms with van der Waals surface area (Å²) in [6.45, 7) is 3.98. The van der Waals surface area contributed by atoms with Gasteiger partial charge in [-0.1, -0.05) is 0 Å². The van der Waals surface area contributed by atoms with E-state index in [-0.39, 0.29) is 5.38 Å². The van der Waals surface area contributed by atoms with E-state index in [0.29, 0.717) is 11.9 Å². The normalized spacial score (nSPS) is 21.0. The van der Waals surface area contributed by atoms with Crippen LogP contribution in [0.15, 0.2) is 12.1 Å². The second-order valence-electron chi connectivity index (χ2n) is 5.67. The molecule has 1 fully saturated rings. The van der Waals surface area contributed by atoms with Gasteiger partial charge in [-0.2, -0.15) is 4.98 Å². The Balaban J connectivity index is 2.05. The number of hydrogen-bond donors (Lipinski definition) is 0. The van der Waals surface area contributed by atoms with Crippen LogP contribution in [0.3, 0.4) is 0 Å². The number of halogens is 1. The molecule has 0 aromatic carbocycles. The minimum Gasteiger partial charge on any atom is -0.481 e. The van der Waals surface area contributed by atoms with E-state index >= 15 is 0 Å². The number of ether oxygens (including phenoxy) is 1. The van der Waals surface area contributed by atoms with Crippen LogP contribution in [0.25, 0.3) is 11.2 Å². The molecule has 0 radical (unpaired) electrons. The van der Waals surface area contributed by atoms with Crippen molar-refractivity contribution in [3.05, 3.63) is 18.0 Å². The van der Waals surface area contributed by atoms with Gasteiger partial charge in [0.25, 0.3) is 0 Å². The number of likely N-dealkylation sites (tertiary alicyclic amines) is 1. The predicted octanol–water partition coefficient (Wildman–Crippen LogP) is 2.83. The Bertz CT molecular complexity index is 640. The quantitative estimate of drug-likeness (QED) is 0.815. The number of likely N-dealkylation sites (N-methyl/N-ethyl adjacent to an activating group) is 1. The maximum Gasteiger partial charge on any atom is 0.215 e. The molecule has 0 N–H and O–H groups in total. The molecule has 3 heterocycles. The molecule has 0 amide bonds. The van der Waals surface area contributed by atoms with Gasteiger partial charge in [-0.05, 0) is 39.4 Å². The van der Waals surface area contributed by atoms with Gasteiger partial charge in [0, 0.05) is 18.7 Å². The SMILES string of the molecule is COc1ccc2nc(C(C)Cl)n(CC3CCCN3C)c2n1. The molecule has 0 bridgehead atoms. The summed E-state index contributed by atoms with van der Waals surface area (Å²) in [7, 11) is 3.80. The fraction of sp³-hybridized carbons (Fsp3) is 0.600. The van der Waals surface area contributed by atoms with Crippen LogP contribution in [0, 0.1) is 0 Å². The lowest BCUT2D eigenvalue weighted by Gasteiger charge is -2.21. The van der Waals surface area contributed by atoms with E-state index in [1.807, 2.05) is 19.1 Å².